The van der Waals surface area contributed by atoms with Gasteiger partial charge in [-0.15, -0.1) is 0 Å². The number of carbonyl (C=O) groups is 2. The van der Waals surface area contributed by atoms with Crippen LogP contribution in [0, 0.1) is 5.92 Å². The van der Waals surface area contributed by atoms with E-state index in [0.29, 0.717) is 19.4 Å². The lowest BCUT2D eigenvalue weighted by molar-refractivity contribution is -0.163. The molecule has 0 unspecified atom stereocenters. The van der Waals surface area contributed by atoms with Crippen LogP contribution in [0.4, 0.5) is 0 Å². The molecule has 0 radical (unpaired) electrons. The van der Waals surface area contributed by atoms with Crippen LogP contribution in [0.15, 0.2) is 65.6 Å². The van der Waals surface area contributed by atoms with Crippen LogP contribution in [0.3, 0.4) is 0 Å². The molecule has 0 aromatic heterocycles. The summed E-state index contributed by atoms with van der Waals surface area (Å²) in [5.74, 6) is -0.795. The number of sulfonamides is 1. The van der Waals surface area contributed by atoms with Crippen molar-refractivity contribution in [1.82, 2.24) is 9.62 Å². The first kappa shape index (κ1) is 23.0. The van der Waals surface area contributed by atoms with Gasteiger partial charge in [0.25, 0.3) is 0 Å². The molecule has 3 rings (SSSR count). The van der Waals surface area contributed by atoms with E-state index < -0.39 is 34.0 Å². The highest BCUT2D eigenvalue weighted by molar-refractivity contribution is 7.89. The van der Waals surface area contributed by atoms with Crippen molar-refractivity contribution in [2.75, 3.05) is 6.54 Å². The van der Waals surface area contributed by atoms with Gasteiger partial charge < -0.3 is 9.64 Å². The molecule has 1 aliphatic heterocycles. The number of esters is 1. The van der Waals surface area contributed by atoms with Crippen LogP contribution < -0.4 is 4.72 Å². The van der Waals surface area contributed by atoms with Crippen molar-refractivity contribution in [3.05, 3.63) is 66.2 Å². The fourth-order valence-corrected chi connectivity index (χ4v) is 4.67. The molecule has 166 valence electrons. The monoisotopic (exact) mass is 444 g/mol. The summed E-state index contributed by atoms with van der Waals surface area (Å²) in [6, 6.07) is 15.6. The van der Waals surface area contributed by atoms with Crippen molar-refractivity contribution < 1.29 is 22.7 Å². The summed E-state index contributed by atoms with van der Waals surface area (Å²) in [5, 5.41) is 0. The Hall–Kier alpha value is -2.71. The van der Waals surface area contributed by atoms with Crippen molar-refractivity contribution in [3.63, 3.8) is 0 Å². The molecule has 0 spiro atoms. The van der Waals surface area contributed by atoms with Gasteiger partial charge in [0.1, 0.15) is 18.7 Å². The number of nitrogens with zero attached hydrogens (tertiary/aromatic N) is 1. The number of rotatable bonds is 9. The molecule has 1 heterocycles. The highest BCUT2D eigenvalue weighted by atomic mass is 32.2. The van der Waals surface area contributed by atoms with Gasteiger partial charge in [-0.3, -0.25) is 4.79 Å². The number of ether oxygens (including phenoxy) is 1. The predicted octanol–water partition coefficient (Wildman–Crippen LogP) is 2.72. The van der Waals surface area contributed by atoms with Gasteiger partial charge in [0, 0.05) is 6.54 Å². The SMILES string of the molecule is CC(C)C[C@H](NS(=O)(=O)c1ccccc1)C(=O)N1CC[C@H]1C(=O)OCc1ccccc1. The molecule has 31 heavy (non-hydrogen) atoms. The van der Waals surface area contributed by atoms with Gasteiger partial charge in [0.05, 0.1) is 4.90 Å². The Balaban J connectivity index is 1.67. The van der Waals surface area contributed by atoms with Gasteiger partial charge in [-0.25, -0.2) is 13.2 Å². The molecule has 2 aromatic carbocycles. The first-order valence-corrected chi connectivity index (χ1v) is 11.8. The van der Waals surface area contributed by atoms with E-state index in [1.165, 1.54) is 17.0 Å². The van der Waals surface area contributed by atoms with Gasteiger partial charge >= 0.3 is 5.97 Å². The average Bonchev–Trinajstić information content (AvgIpc) is 2.72. The summed E-state index contributed by atoms with van der Waals surface area (Å²) in [4.78, 5) is 27.2. The maximum atomic E-state index is 13.2. The lowest BCUT2D eigenvalue weighted by atomic mass is 9.98. The van der Waals surface area contributed by atoms with Crippen molar-refractivity contribution in [2.24, 2.45) is 5.92 Å². The lowest BCUT2D eigenvalue weighted by Gasteiger charge is -2.41. The second-order valence-corrected chi connectivity index (χ2v) is 9.76. The maximum absolute atomic E-state index is 13.2. The number of carbonyl (C=O) groups excluding carboxylic acids is 2. The second kappa shape index (κ2) is 10.1. The quantitative estimate of drug-likeness (QED) is 0.601. The van der Waals surface area contributed by atoms with Crippen molar-refractivity contribution >= 4 is 21.9 Å². The molecule has 1 amide bonds. The third kappa shape index (κ3) is 5.92. The maximum Gasteiger partial charge on any atom is 0.329 e. The summed E-state index contributed by atoms with van der Waals surface area (Å²) in [6.07, 6.45) is 0.826. The minimum atomic E-state index is -3.87. The fraction of sp³-hybridized carbons (Fsp3) is 0.391. The minimum absolute atomic E-state index is 0.0807. The average molecular weight is 445 g/mol. The summed E-state index contributed by atoms with van der Waals surface area (Å²) < 4.78 is 33.4. The molecular weight excluding hydrogens is 416 g/mol. The van der Waals surface area contributed by atoms with Crippen molar-refractivity contribution in [2.45, 2.75) is 50.3 Å². The molecule has 0 saturated carbocycles. The zero-order valence-corrected chi connectivity index (χ0v) is 18.5. The Morgan fingerprint density at radius 2 is 1.68 bits per heavy atom. The summed E-state index contributed by atoms with van der Waals surface area (Å²) >= 11 is 0. The Bertz CT molecular complexity index is 993. The zero-order chi connectivity index (χ0) is 22.4. The molecule has 1 N–H and O–H groups in total. The normalized spacial score (nSPS) is 17.1. The Labute approximate surface area is 183 Å². The van der Waals surface area contributed by atoms with E-state index in [4.69, 9.17) is 4.74 Å². The van der Waals surface area contributed by atoms with E-state index in [1.54, 1.807) is 18.2 Å². The lowest BCUT2D eigenvalue weighted by Crippen LogP contribution is -2.60. The van der Waals surface area contributed by atoms with Gasteiger partial charge in [-0.05, 0) is 36.5 Å². The number of amides is 1. The van der Waals surface area contributed by atoms with Gasteiger partial charge in [-0.1, -0.05) is 62.4 Å². The van der Waals surface area contributed by atoms with Gasteiger partial charge in [-0.2, -0.15) is 4.72 Å². The third-order valence-corrected chi connectivity index (χ3v) is 6.64. The molecule has 1 aliphatic rings. The van der Waals surface area contributed by atoms with Crippen LogP contribution in [0.2, 0.25) is 0 Å². The molecular formula is C23H28N2O5S. The first-order chi connectivity index (χ1) is 14.8. The topological polar surface area (TPSA) is 92.8 Å². The van der Waals surface area contributed by atoms with Crippen LogP contribution in [-0.4, -0.2) is 43.8 Å². The Morgan fingerprint density at radius 3 is 2.23 bits per heavy atom. The predicted molar refractivity (Wildman–Crippen MR) is 116 cm³/mol. The molecule has 1 fully saturated rings. The fourth-order valence-electron chi connectivity index (χ4n) is 3.45. The van der Waals surface area contributed by atoms with Gasteiger partial charge in [0.2, 0.25) is 15.9 Å². The molecule has 7 nitrogen and oxygen atoms in total. The summed E-state index contributed by atoms with van der Waals surface area (Å²) in [5.41, 5.74) is 0.862. The van der Waals surface area contributed by atoms with Crippen LogP contribution in [-0.2, 0) is 31.0 Å². The third-order valence-electron chi connectivity index (χ3n) is 5.15. The Kier molecular flexibility index (Phi) is 7.46. The molecule has 0 aliphatic carbocycles. The number of benzene rings is 2. The minimum Gasteiger partial charge on any atom is -0.459 e. The van der Waals surface area contributed by atoms with Gasteiger partial charge in [0.15, 0.2) is 0 Å². The standard InChI is InChI=1S/C23H28N2O5S/c1-17(2)15-20(24-31(28,29)19-11-7-4-8-12-19)22(26)25-14-13-21(25)23(27)30-16-18-9-5-3-6-10-18/h3-12,17,20-21,24H,13-16H2,1-2H3/t20-,21-/m0/s1. The highest BCUT2D eigenvalue weighted by Crippen LogP contribution is 2.23. The van der Waals surface area contributed by atoms with E-state index in [1.807, 2.05) is 44.2 Å². The molecule has 1 saturated heterocycles. The summed E-state index contributed by atoms with van der Waals surface area (Å²) in [6.45, 7) is 4.36. The van der Waals surface area contributed by atoms with E-state index >= 15 is 0 Å². The molecule has 2 aromatic rings. The highest BCUT2D eigenvalue weighted by Gasteiger charge is 2.42. The van der Waals surface area contributed by atoms with E-state index in [-0.39, 0.29) is 17.4 Å². The zero-order valence-electron chi connectivity index (χ0n) is 17.7. The van der Waals surface area contributed by atoms with E-state index in [2.05, 4.69) is 4.72 Å². The number of hydrogen-bond donors (Lipinski definition) is 1. The Morgan fingerprint density at radius 1 is 1.06 bits per heavy atom. The van der Waals surface area contributed by atoms with Crippen LogP contribution in [0.1, 0.15) is 32.3 Å². The van der Waals surface area contributed by atoms with Crippen LogP contribution in [0.5, 0.6) is 0 Å². The summed E-state index contributed by atoms with van der Waals surface area (Å²) in [7, 11) is -3.87. The first-order valence-electron chi connectivity index (χ1n) is 10.4. The number of hydrogen-bond acceptors (Lipinski definition) is 5. The smallest absolute Gasteiger partial charge is 0.329 e. The van der Waals surface area contributed by atoms with Crippen molar-refractivity contribution in [3.8, 4) is 0 Å². The van der Waals surface area contributed by atoms with Crippen LogP contribution >= 0.6 is 0 Å². The second-order valence-electron chi connectivity index (χ2n) is 8.05. The number of nitrogens with one attached hydrogen (secondary N) is 1. The molecule has 0 bridgehead atoms. The largest absolute Gasteiger partial charge is 0.459 e. The number of likely N-dealkylation sites (tertiary alicyclic amines) is 1. The van der Waals surface area contributed by atoms with Crippen LogP contribution in [0.25, 0.3) is 0 Å². The molecule has 8 heteroatoms. The van der Waals surface area contributed by atoms with E-state index in [9.17, 15) is 18.0 Å². The van der Waals surface area contributed by atoms with E-state index in [0.717, 1.165) is 5.56 Å². The van der Waals surface area contributed by atoms with Crippen molar-refractivity contribution in [1.29, 1.82) is 0 Å². The molecule has 2 atom stereocenters.